The maximum absolute atomic E-state index is 10.2. The smallest absolute Gasteiger partial charge is 0.330 e. The number of carbonyl (C=O) groups is 2. The molecule has 0 saturated heterocycles. The van der Waals surface area contributed by atoms with E-state index in [9.17, 15) is 9.59 Å². The van der Waals surface area contributed by atoms with Gasteiger partial charge in [0.25, 0.3) is 0 Å². The molecule has 0 atom stereocenters. The van der Waals surface area contributed by atoms with Crippen molar-refractivity contribution in [3.05, 3.63) is 66.9 Å². The molecule has 0 heterocycles. The standard InChI is InChI=1S/C8H9N.C8H14O2.C3H4O2/c9-7-6-8-4-2-1-3-5-8;1-3-4-5-6-7(2)8(9)10;1-2-3(4)5/h1-7H,9H2;2-6H2,1H3,(H,9,10);2H,1H2,(H,4,5). The van der Waals surface area contributed by atoms with E-state index in [-0.39, 0.29) is 0 Å². The summed E-state index contributed by atoms with van der Waals surface area (Å²) >= 11 is 0. The van der Waals surface area contributed by atoms with Gasteiger partial charge in [-0.25, -0.2) is 9.59 Å². The second-order valence-corrected chi connectivity index (χ2v) is 4.68. The zero-order chi connectivity index (χ0) is 18.8. The van der Waals surface area contributed by atoms with Crippen LogP contribution in [0.4, 0.5) is 0 Å². The third-order valence-electron chi connectivity index (χ3n) is 2.65. The van der Waals surface area contributed by atoms with E-state index in [2.05, 4.69) is 20.1 Å². The van der Waals surface area contributed by atoms with E-state index in [4.69, 9.17) is 15.9 Å². The number of hydrogen-bond donors (Lipinski definition) is 3. The van der Waals surface area contributed by atoms with E-state index in [1.165, 1.54) is 6.20 Å². The first-order valence-electron chi connectivity index (χ1n) is 7.58. The van der Waals surface area contributed by atoms with Crippen LogP contribution in [0.25, 0.3) is 6.08 Å². The van der Waals surface area contributed by atoms with Crippen molar-refractivity contribution >= 4 is 18.0 Å². The molecule has 24 heavy (non-hydrogen) atoms. The number of carboxylic acids is 2. The molecule has 0 amide bonds. The Morgan fingerprint density at radius 2 is 1.71 bits per heavy atom. The van der Waals surface area contributed by atoms with Gasteiger partial charge in [0.1, 0.15) is 0 Å². The molecule has 0 spiro atoms. The third-order valence-corrected chi connectivity index (χ3v) is 2.65. The SMILES string of the molecule is C=C(CCCCC)C(=O)O.C=CC(=O)O.NC=Cc1ccccc1. The Morgan fingerprint density at radius 1 is 1.17 bits per heavy atom. The normalized spacial score (nSPS) is 9.04. The van der Waals surface area contributed by atoms with Gasteiger partial charge < -0.3 is 15.9 Å². The molecule has 5 heteroatoms. The van der Waals surface area contributed by atoms with Crippen molar-refractivity contribution in [1.29, 1.82) is 0 Å². The molecule has 0 aliphatic heterocycles. The van der Waals surface area contributed by atoms with Crippen LogP contribution in [-0.4, -0.2) is 22.2 Å². The molecule has 1 aromatic carbocycles. The van der Waals surface area contributed by atoms with Crippen molar-refractivity contribution in [1.82, 2.24) is 0 Å². The van der Waals surface area contributed by atoms with E-state index >= 15 is 0 Å². The summed E-state index contributed by atoms with van der Waals surface area (Å²) in [4.78, 5) is 19.4. The number of rotatable bonds is 7. The zero-order valence-electron chi connectivity index (χ0n) is 14.1. The monoisotopic (exact) mass is 333 g/mol. The molecule has 0 unspecified atom stereocenters. The first kappa shape index (κ1) is 23.4. The molecular formula is C19H27NO4. The molecule has 0 aliphatic rings. The lowest BCUT2D eigenvalue weighted by Crippen LogP contribution is -1.98. The molecule has 132 valence electrons. The number of benzene rings is 1. The first-order valence-corrected chi connectivity index (χ1v) is 7.58. The molecule has 0 fully saturated rings. The van der Waals surface area contributed by atoms with Crippen LogP contribution in [-0.2, 0) is 9.59 Å². The van der Waals surface area contributed by atoms with Crippen molar-refractivity contribution in [2.75, 3.05) is 0 Å². The molecule has 0 radical (unpaired) electrons. The van der Waals surface area contributed by atoms with Gasteiger partial charge in [-0.15, -0.1) is 0 Å². The lowest BCUT2D eigenvalue weighted by atomic mass is 10.1. The fraction of sp³-hybridized carbons (Fsp3) is 0.263. The van der Waals surface area contributed by atoms with Crippen molar-refractivity contribution < 1.29 is 19.8 Å². The topological polar surface area (TPSA) is 101 Å². The van der Waals surface area contributed by atoms with Gasteiger partial charge >= 0.3 is 11.9 Å². The minimum absolute atomic E-state index is 0.327. The summed E-state index contributed by atoms with van der Waals surface area (Å²) in [5, 5.41) is 16.0. The van der Waals surface area contributed by atoms with Crippen LogP contribution in [0.1, 0.15) is 38.2 Å². The van der Waals surface area contributed by atoms with E-state index in [0.717, 1.165) is 30.9 Å². The van der Waals surface area contributed by atoms with E-state index < -0.39 is 11.9 Å². The Balaban J connectivity index is 0. The van der Waals surface area contributed by atoms with Crippen molar-refractivity contribution in [3.63, 3.8) is 0 Å². The van der Waals surface area contributed by atoms with E-state index in [0.29, 0.717) is 12.0 Å². The Bertz CT molecular complexity index is 521. The highest BCUT2D eigenvalue weighted by Crippen LogP contribution is 2.06. The predicted molar refractivity (Wildman–Crippen MR) is 98.4 cm³/mol. The fourth-order valence-electron chi connectivity index (χ4n) is 1.37. The largest absolute Gasteiger partial charge is 0.478 e. The van der Waals surface area contributed by atoms with Crippen LogP contribution in [0.2, 0.25) is 0 Å². The highest BCUT2D eigenvalue weighted by Gasteiger charge is 2.01. The summed E-state index contributed by atoms with van der Waals surface area (Å²) in [5.74, 6) is -1.85. The first-order chi connectivity index (χ1) is 11.4. The Kier molecular flexibility index (Phi) is 16.2. The number of hydrogen-bond acceptors (Lipinski definition) is 3. The van der Waals surface area contributed by atoms with Crippen LogP contribution in [0.15, 0.2) is 61.3 Å². The molecule has 0 aliphatic carbocycles. The number of unbranched alkanes of at least 4 members (excludes halogenated alkanes) is 2. The number of aliphatic carboxylic acids is 2. The molecule has 0 aromatic heterocycles. The Labute approximate surface area is 143 Å². The summed E-state index contributed by atoms with van der Waals surface area (Å²) < 4.78 is 0. The minimum atomic E-state index is -0.981. The summed E-state index contributed by atoms with van der Waals surface area (Å²) in [5.41, 5.74) is 6.65. The van der Waals surface area contributed by atoms with Gasteiger partial charge in [-0.1, -0.05) is 63.3 Å². The summed E-state index contributed by atoms with van der Waals surface area (Å²) in [6, 6.07) is 9.95. The molecule has 4 N–H and O–H groups in total. The molecule has 5 nitrogen and oxygen atoms in total. The average Bonchev–Trinajstić information content (AvgIpc) is 2.57. The van der Waals surface area contributed by atoms with Gasteiger partial charge in [-0.05, 0) is 30.7 Å². The fourth-order valence-corrected chi connectivity index (χ4v) is 1.37. The zero-order valence-corrected chi connectivity index (χ0v) is 14.1. The third kappa shape index (κ3) is 17.2. The Hall–Kier alpha value is -2.82. The maximum atomic E-state index is 10.2. The van der Waals surface area contributed by atoms with Gasteiger partial charge in [-0.3, -0.25) is 0 Å². The van der Waals surface area contributed by atoms with Gasteiger partial charge in [0, 0.05) is 11.6 Å². The molecular weight excluding hydrogens is 306 g/mol. The number of nitrogens with two attached hydrogens (primary N) is 1. The van der Waals surface area contributed by atoms with Crippen molar-refractivity contribution in [3.8, 4) is 0 Å². The van der Waals surface area contributed by atoms with Crippen molar-refractivity contribution in [2.45, 2.75) is 32.6 Å². The Morgan fingerprint density at radius 3 is 2.08 bits per heavy atom. The van der Waals surface area contributed by atoms with Gasteiger partial charge in [0.05, 0.1) is 0 Å². The predicted octanol–water partition coefficient (Wildman–Crippen LogP) is 4.08. The van der Waals surface area contributed by atoms with Crippen LogP contribution >= 0.6 is 0 Å². The van der Waals surface area contributed by atoms with E-state index in [1.54, 1.807) is 0 Å². The van der Waals surface area contributed by atoms with Crippen LogP contribution in [0, 0.1) is 0 Å². The number of carboxylic acid groups (broad SMARTS) is 2. The van der Waals surface area contributed by atoms with E-state index in [1.807, 2.05) is 36.4 Å². The van der Waals surface area contributed by atoms with Crippen LogP contribution in [0.5, 0.6) is 0 Å². The molecule has 1 rings (SSSR count). The molecule has 1 aromatic rings. The summed E-state index contributed by atoms with van der Waals surface area (Å²) in [7, 11) is 0. The summed E-state index contributed by atoms with van der Waals surface area (Å²) in [6.07, 6.45) is 8.01. The van der Waals surface area contributed by atoms with Crippen LogP contribution in [0.3, 0.4) is 0 Å². The molecule has 0 bridgehead atoms. The van der Waals surface area contributed by atoms with Gasteiger partial charge in [0.15, 0.2) is 0 Å². The average molecular weight is 333 g/mol. The maximum Gasteiger partial charge on any atom is 0.330 e. The van der Waals surface area contributed by atoms with Gasteiger partial charge in [0.2, 0.25) is 0 Å². The van der Waals surface area contributed by atoms with Crippen molar-refractivity contribution in [2.24, 2.45) is 5.73 Å². The molecule has 0 saturated carbocycles. The van der Waals surface area contributed by atoms with Crippen LogP contribution < -0.4 is 5.73 Å². The van der Waals surface area contributed by atoms with Gasteiger partial charge in [-0.2, -0.15) is 0 Å². The lowest BCUT2D eigenvalue weighted by molar-refractivity contribution is -0.133. The minimum Gasteiger partial charge on any atom is -0.478 e. The highest BCUT2D eigenvalue weighted by atomic mass is 16.4. The summed E-state index contributed by atoms with van der Waals surface area (Å²) in [6.45, 7) is 8.47. The quantitative estimate of drug-likeness (QED) is 0.515. The second-order valence-electron chi connectivity index (χ2n) is 4.68. The highest BCUT2D eigenvalue weighted by molar-refractivity contribution is 5.85. The second kappa shape index (κ2) is 16.5. The lowest BCUT2D eigenvalue weighted by Gasteiger charge is -1.97.